The molecule has 31 heavy (non-hydrogen) atoms. The van der Waals surface area contributed by atoms with E-state index in [1.807, 2.05) is 38.1 Å². The van der Waals surface area contributed by atoms with Gasteiger partial charge in [-0.3, -0.25) is 9.52 Å². The van der Waals surface area contributed by atoms with Crippen LogP contribution in [0.25, 0.3) is 0 Å². The van der Waals surface area contributed by atoms with Crippen molar-refractivity contribution in [3.63, 3.8) is 0 Å². The van der Waals surface area contributed by atoms with Crippen LogP contribution in [-0.4, -0.2) is 27.5 Å². The number of carbonyl (C=O) groups excluding carboxylic acids is 1. The van der Waals surface area contributed by atoms with Crippen molar-refractivity contribution in [3.05, 3.63) is 88.4 Å². The topological polar surface area (TPSA) is 84.5 Å². The maximum absolute atomic E-state index is 12.5. The maximum atomic E-state index is 12.5. The van der Waals surface area contributed by atoms with Crippen molar-refractivity contribution in [1.29, 1.82) is 0 Å². The Bertz CT molecular complexity index is 1180. The second kappa shape index (κ2) is 9.85. The zero-order chi connectivity index (χ0) is 22.4. The second-order valence-electron chi connectivity index (χ2n) is 6.98. The van der Waals surface area contributed by atoms with Crippen LogP contribution in [0.2, 0.25) is 5.02 Å². The summed E-state index contributed by atoms with van der Waals surface area (Å²) in [6.07, 6.45) is 0. The molecule has 3 rings (SSSR count). The first kappa shape index (κ1) is 22.7. The second-order valence-corrected chi connectivity index (χ2v) is 9.07. The van der Waals surface area contributed by atoms with Crippen molar-refractivity contribution >= 4 is 33.2 Å². The molecule has 0 heterocycles. The highest BCUT2D eigenvalue weighted by atomic mass is 35.5. The van der Waals surface area contributed by atoms with Crippen LogP contribution in [0, 0.1) is 13.8 Å². The number of benzene rings is 3. The molecule has 0 fully saturated rings. The highest BCUT2D eigenvalue weighted by molar-refractivity contribution is 7.92. The lowest BCUT2D eigenvalue weighted by molar-refractivity contribution is 0.0947. The molecule has 3 aromatic rings. The van der Waals surface area contributed by atoms with E-state index < -0.39 is 10.0 Å². The fraction of sp³-hybridized carbons (Fsp3) is 0.174. The molecule has 2 N–H and O–H groups in total. The van der Waals surface area contributed by atoms with Gasteiger partial charge in [0.15, 0.2) is 0 Å². The smallest absolute Gasteiger partial charge is 0.261 e. The Morgan fingerprint density at radius 3 is 2.39 bits per heavy atom. The molecular formula is C23H23ClN2O4S. The summed E-state index contributed by atoms with van der Waals surface area (Å²) in [6.45, 7) is 4.43. The van der Waals surface area contributed by atoms with Crippen LogP contribution in [-0.2, 0) is 10.0 Å². The summed E-state index contributed by atoms with van der Waals surface area (Å²) in [5, 5.41) is 2.88. The van der Waals surface area contributed by atoms with Gasteiger partial charge in [0.2, 0.25) is 0 Å². The van der Waals surface area contributed by atoms with E-state index in [4.69, 9.17) is 16.3 Å². The molecule has 0 radical (unpaired) electrons. The van der Waals surface area contributed by atoms with Crippen molar-refractivity contribution in [2.24, 2.45) is 0 Å². The van der Waals surface area contributed by atoms with Crippen molar-refractivity contribution < 1.29 is 17.9 Å². The van der Waals surface area contributed by atoms with Gasteiger partial charge in [-0.25, -0.2) is 8.42 Å². The van der Waals surface area contributed by atoms with Gasteiger partial charge in [-0.15, -0.1) is 0 Å². The molecule has 0 aliphatic carbocycles. The van der Waals surface area contributed by atoms with Crippen molar-refractivity contribution in [2.75, 3.05) is 17.9 Å². The predicted molar refractivity (Wildman–Crippen MR) is 122 cm³/mol. The molecule has 162 valence electrons. The average molecular weight is 459 g/mol. The van der Waals surface area contributed by atoms with E-state index in [1.165, 1.54) is 30.3 Å². The molecule has 3 aromatic carbocycles. The number of ether oxygens (including phenoxy) is 1. The summed E-state index contributed by atoms with van der Waals surface area (Å²) in [5.74, 6) is 0.395. The maximum Gasteiger partial charge on any atom is 0.261 e. The van der Waals surface area contributed by atoms with E-state index in [9.17, 15) is 13.2 Å². The first-order valence-electron chi connectivity index (χ1n) is 9.62. The van der Waals surface area contributed by atoms with E-state index in [0.29, 0.717) is 13.2 Å². The van der Waals surface area contributed by atoms with Crippen LogP contribution in [0.4, 0.5) is 5.69 Å². The highest BCUT2D eigenvalue weighted by Gasteiger charge is 2.16. The molecule has 0 bridgehead atoms. The van der Waals surface area contributed by atoms with E-state index in [-0.39, 0.29) is 27.1 Å². The quantitative estimate of drug-likeness (QED) is 0.484. The Hall–Kier alpha value is -3.03. The lowest BCUT2D eigenvalue weighted by Crippen LogP contribution is -2.28. The zero-order valence-electron chi connectivity index (χ0n) is 17.2. The van der Waals surface area contributed by atoms with E-state index in [2.05, 4.69) is 10.0 Å². The fourth-order valence-electron chi connectivity index (χ4n) is 2.83. The molecule has 0 atom stereocenters. The molecule has 1 amide bonds. The van der Waals surface area contributed by atoms with Gasteiger partial charge in [0.1, 0.15) is 12.4 Å². The summed E-state index contributed by atoms with van der Waals surface area (Å²) in [7, 11) is -3.75. The number of para-hydroxylation sites is 1. The van der Waals surface area contributed by atoms with Gasteiger partial charge >= 0.3 is 0 Å². The molecule has 6 nitrogen and oxygen atoms in total. The first-order valence-corrected chi connectivity index (χ1v) is 11.5. The number of halogens is 1. The van der Waals surface area contributed by atoms with Crippen LogP contribution in [0.3, 0.4) is 0 Å². The van der Waals surface area contributed by atoms with Gasteiger partial charge in [-0.2, -0.15) is 0 Å². The lowest BCUT2D eigenvalue weighted by atomic mass is 10.2. The number of carbonyl (C=O) groups is 1. The molecule has 0 aromatic heterocycles. The standard InChI is InChI=1S/C23H23ClN2O4S/c1-16-7-10-19(11-8-16)31(28,29)26-18-9-12-20(21(24)15-18)23(27)25-13-14-30-22-6-4-3-5-17(22)2/h3-12,15,26H,13-14H2,1-2H3,(H,25,27). The molecule has 0 saturated carbocycles. The largest absolute Gasteiger partial charge is 0.491 e. The van der Waals surface area contributed by atoms with Crippen LogP contribution < -0.4 is 14.8 Å². The van der Waals surface area contributed by atoms with E-state index in [1.54, 1.807) is 12.1 Å². The summed E-state index contributed by atoms with van der Waals surface area (Å²) in [6, 6.07) is 18.5. The third kappa shape index (κ3) is 5.99. The number of aryl methyl sites for hydroxylation is 2. The Morgan fingerprint density at radius 1 is 1.00 bits per heavy atom. The minimum Gasteiger partial charge on any atom is -0.491 e. The van der Waals surface area contributed by atoms with E-state index >= 15 is 0 Å². The SMILES string of the molecule is Cc1ccc(S(=O)(=O)Nc2ccc(C(=O)NCCOc3ccccc3C)c(Cl)c2)cc1. The first-order chi connectivity index (χ1) is 14.8. The average Bonchev–Trinajstić information content (AvgIpc) is 2.72. The number of hydrogen-bond acceptors (Lipinski definition) is 4. The number of hydrogen-bond donors (Lipinski definition) is 2. The number of nitrogens with one attached hydrogen (secondary N) is 2. The zero-order valence-corrected chi connectivity index (χ0v) is 18.8. The van der Waals surface area contributed by atoms with Crippen LogP contribution >= 0.6 is 11.6 Å². The Morgan fingerprint density at radius 2 is 1.71 bits per heavy atom. The lowest BCUT2D eigenvalue weighted by Gasteiger charge is -2.12. The number of amides is 1. The summed E-state index contributed by atoms with van der Waals surface area (Å²) < 4.78 is 33.1. The van der Waals surface area contributed by atoms with Crippen molar-refractivity contribution in [2.45, 2.75) is 18.7 Å². The number of sulfonamides is 1. The third-order valence-electron chi connectivity index (χ3n) is 4.54. The molecule has 0 aliphatic heterocycles. The van der Waals surface area contributed by atoms with Gasteiger partial charge in [-0.1, -0.05) is 47.5 Å². The van der Waals surface area contributed by atoms with Gasteiger partial charge < -0.3 is 10.1 Å². The van der Waals surface area contributed by atoms with Crippen molar-refractivity contribution in [3.8, 4) is 5.75 Å². The summed E-state index contributed by atoms with van der Waals surface area (Å²) >= 11 is 6.22. The monoisotopic (exact) mass is 458 g/mol. The molecule has 0 spiro atoms. The molecule has 8 heteroatoms. The minimum atomic E-state index is -3.75. The Balaban J connectivity index is 1.59. The van der Waals surface area contributed by atoms with Gasteiger partial charge in [0.25, 0.3) is 15.9 Å². The van der Waals surface area contributed by atoms with E-state index in [0.717, 1.165) is 16.9 Å². The van der Waals surface area contributed by atoms with Gasteiger partial charge in [0.05, 0.1) is 27.7 Å². The number of anilines is 1. The molecule has 0 unspecified atom stereocenters. The molecule has 0 saturated heterocycles. The summed E-state index contributed by atoms with van der Waals surface area (Å²) in [5.41, 5.74) is 2.49. The molecular weight excluding hydrogens is 436 g/mol. The van der Waals surface area contributed by atoms with Crippen LogP contribution in [0.15, 0.2) is 71.6 Å². The van der Waals surface area contributed by atoms with Gasteiger partial charge in [-0.05, 0) is 55.8 Å². The Kier molecular flexibility index (Phi) is 7.20. The van der Waals surface area contributed by atoms with Crippen LogP contribution in [0.1, 0.15) is 21.5 Å². The highest BCUT2D eigenvalue weighted by Crippen LogP contribution is 2.23. The fourth-order valence-corrected chi connectivity index (χ4v) is 4.15. The van der Waals surface area contributed by atoms with Crippen LogP contribution in [0.5, 0.6) is 5.75 Å². The van der Waals surface area contributed by atoms with Gasteiger partial charge in [0, 0.05) is 0 Å². The predicted octanol–water partition coefficient (Wildman–Crippen LogP) is 4.57. The molecule has 0 aliphatic rings. The Labute approximate surface area is 187 Å². The number of rotatable bonds is 8. The summed E-state index contributed by atoms with van der Waals surface area (Å²) in [4.78, 5) is 12.5. The van der Waals surface area contributed by atoms with Crippen molar-refractivity contribution in [1.82, 2.24) is 5.32 Å². The third-order valence-corrected chi connectivity index (χ3v) is 6.25. The minimum absolute atomic E-state index is 0.140. The normalized spacial score (nSPS) is 11.1.